The van der Waals surface area contributed by atoms with Gasteiger partial charge in [-0.3, -0.25) is 0 Å². The number of nitrogens with two attached hydrogens (primary N) is 2. The normalized spacial score (nSPS) is 19.2. The van der Waals surface area contributed by atoms with Gasteiger partial charge >= 0.3 is 0 Å². The first kappa shape index (κ1) is 15.9. The van der Waals surface area contributed by atoms with Gasteiger partial charge in [0.05, 0.1) is 18.3 Å². The molecule has 21 heavy (non-hydrogen) atoms. The molecule has 0 amide bonds. The quantitative estimate of drug-likeness (QED) is 0.646. The van der Waals surface area contributed by atoms with E-state index in [4.69, 9.17) is 16.3 Å². The molecule has 0 fully saturated rings. The van der Waals surface area contributed by atoms with E-state index in [9.17, 15) is 0 Å². The number of hydrazine groups is 1. The van der Waals surface area contributed by atoms with Gasteiger partial charge in [0, 0.05) is 12.8 Å². The summed E-state index contributed by atoms with van der Waals surface area (Å²) in [7, 11) is 1.72. The first-order chi connectivity index (χ1) is 10.0. The Balaban J connectivity index is 2.11. The van der Waals surface area contributed by atoms with E-state index >= 15 is 0 Å². The third-order valence-corrected chi connectivity index (χ3v) is 4.14. The van der Waals surface area contributed by atoms with Crippen LogP contribution in [-0.4, -0.2) is 18.2 Å². The fraction of sp³-hybridized carbons (Fsp3) is 0.529. The van der Waals surface area contributed by atoms with Crippen molar-refractivity contribution in [2.45, 2.75) is 51.7 Å². The maximum atomic E-state index is 6.25. The molecule has 0 saturated heterocycles. The molecule has 1 aromatic rings. The van der Waals surface area contributed by atoms with Crippen LogP contribution < -0.4 is 11.6 Å². The summed E-state index contributed by atoms with van der Waals surface area (Å²) in [6.45, 7) is 5.04. The van der Waals surface area contributed by atoms with Crippen LogP contribution in [0.15, 0.2) is 35.7 Å². The van der Waals surface area contributed by atoms with Crippen molar-refractivity contribution in [1.82, 2.24) is 5.01 Å². The molecule has 0 spiro atoms. The Kier molecular flexibility index (Phi) is 5.26. The number of allylic oxidation sites excluding steroid dienone is 1. The molecular weight excluding hydrogens is 262 g/mol. The minimum absolute atomic E-state index is 0.0127. The molecule has 2 rings (SSSR count). The van der Waals surface area contributed by atoms with E-state index in [1.54, 1.807) is 12.1 Å². The van der Waals surface area contributed by atoms with Crippen molar-refractivity contribution in [3.8, 4) is 0 Å². The second-order valence-electron chi connectivity index (χ2n) is 6.05. The van der Waals surface area contributed by atoms with E-state index in [-0.39, 0.29) is 6.10 Å². The van der Waals surface area contributed by atoms with Crippen LogP contribution in [-0.2, 0) is 11.3 Å². The number of benzene rings is 1. The van der Waals surface area contributed by atoms with Crippen LogP contribution in [0.25, 0.3) is 0 Å². The second kappa shape index (κ2) is 6.96. The van der Waals surface area contributed by atoms with E-state index in [0.29, 0.717) is 12.5 Å². The first-order valence-corrected chi connectivity index (χ1v) is 7.65. The van der Waals surface area contributed by atoms with E-state index in [1.165, 1.54) is 11.1 Å². The highest BCUT2D eigenvalue weighted by molar-refractivity contribution is 5.26. The Morgan fingerprint density at radius 3 is 2.52 bits per heavy atom. The zero-order valence-corrected chi connectivity index (χ0v) is 13.3. The predicted octanol–water partition coefficient (Wildman–Crippen LogP) is 2.85. The summed E-state index contributed by atoms with van der Waals surface area (Å²) in [6, 6.07) is 8.60. The molecular formula is C17H27N3O. The Hall–Kier alpha value is -1.52. The fourth-order valence-corrected chi connectivity index (χ4v) is 2.84. The zero-order chi connectivity index (χ0) is 15.4. The van der Waals surface area contributed by atoms with E-state index in [1.807, 2.05) is 0 Å². The van der Waals surface area contributed by atoms with Gasteiger partial charge < -0.3 is 15.5 Å². The highest BCUT2D eigenvalue weighted by Gasteiger charge is 2.25. The van der Waals surface area contributed by atoms with E-state index < -0.39 is 0 Å². The third-order valence-electron chi connectivity index (χ3n) is 4.14. The van der Waals surface area contributed by atoms with Crippen LogP contribution in [0.5, 0.6) is 0 Å². The number of rotatable bonds is 5. The van der Waals surface area contributed by atoms with Gasteiger partial charge in [-0.1, -0.05) is 38.1 Å². The van der Waals surface area contributed by atoms with Crippen molar-refractivity contribution < 1.29 is 4.74 Å². The number of hydrogen-bond acceptors (Lipinski definition) is 4. The number of ether oxygens (including phenoxy) is 1. The van der Waals surface area contributed by atoms with Gasteiger partial charge in [0.1, 0.15) is 0 Å². The van der Waals surface area contributed by atoms with Crippen molar-refractivity contribution in [1.29, 1.82) is 0 Å². The highest BCUT2D eigenvalue weighted by atomic mass is 16.5. The molecule has 4 N–H and O–H groups in total. The lowest BCUT2D eigenvalue weighted by atomic mass is 9.97. The molecule has 1 aliphatic rings. The summed E-state index contributed by atoms with van der Waals surface area (Å²) in [5, 5.41) is 1.74. The average Bonchev–Trinajstić information content (AvgIpc) is 2.47. The lowest BCUT2D eigenvalue weighted by Crippen LogP contribution is -2.40. The first-order valence-electron chi connectivity index (χ1n) is 7.65. The van der Waals surface area contributed by atoms with E-state index in [0.717, 1.165) is 30.7 Å². The summed E-state index contributed by atoms with van der Waals surface area (Å²) >= 11 is 0. The predicted molar refractivity (Wildman–Crippen MR) is 86.1 cm³/mol. The molecule has 1 aromatic carbocycles. The summed E-state index contributed by atoms with van der Waals surface area (Å²) < 4.78 is 5.52. The van der Waals surface area contributed by atoms with Gasteiger partial charge in [0.25, 0.3) is 0 Å². The van der Waals surface area contributed by atoms with Gasteiger partial charge in [-0.15, -0.1) is 0 Å². The maximum absolute atomic E-state index is 6.25. The molecule has 1 unspecified atom stereocenters. The topological polar surface area (TPSA) is 64.5 Å². The molecule has 0 radical (unpaired) electrons. The van der Waals surface area contributed by atoms with Gasteiger partial charge in [-0.2, -0.15) is 0 Å². The van der Waals surface area contributed by atoms with E-state index in [2.05, 4.69) is 38.1 Å². The summed E-state index contributed by atoms with van der Waals surface area (Å²) in [5.74, 6) is 6.79. The monoisotopic (exact) mass is 289 g/mol. The van der Waals surface area contributed by atoms with Gasteiger partial charge in [-0.25, -0.2) is 5.84 Å². The van der Waals surface area contributed by atoms with Crippen molar-refractivity contribution in [3.63, 3.8) is 0 Å². The van der Waals surface area contributed by atoms with Crippen LogP contribution in [0.1, 0.15) is 50.2 Å². The second-order valence-corrected chi connectivity index (χ2v) is 6.05. The fourth-order valence-electron chi connectivity index (χ4n) is 2.84. The highest BCUT2D eigenvalue weighted by Crippen LogP contribution is 2.26. The smallest absolute Gasteiger partial charge is 0.0999 e. The maximum Gasteiger partial charge on any atom is 0.0999 e. The molecule has 1 atom stereocenters. The molecule has 1 aliphatic carbocycles. The molecule has 0 aromatic heterocycles. The Labute approximate surface area is 127 Å². The number of nitrogens with zero attached hydrogens (tertiary/aromatic N) is 1. The Bertz CT molecular complexity index is 493. The van der Waals surface area contributed by atoms with Crippen LogP contribution >= 0.6 is 0 Å². The molecule has 4 heteroatoms. The van der Waals surface area contributed by atoms with Crippen molar-refractivity contribution in [3.05, 3.63) is 46.8 Å². The standard InChI is InChI=1S/C17H27N3O/c1-12(2)14-9-7-13(8-10-14)11-20(19)17-15(18)5-4-6-16(17)21-3/h7-10,12,16H,4-6,11,18-19H2,1-3H3. The van der Waals surface area contributed by atoms with Crippen LogP contribution in [0.4, 0.5) is 0 Å². The zero-order valence-electron chi connectivity index (χ0n) is 13.3. The molecule has 116 valence electrons. The lowest BCUT2D eigenvalue weighted by Gasteiger charge is -2.32. The summed E-state index contributed by atoms with van der Waals surface area (Å²) in [6.07, 6.45) is 2.95. The Morgan fingerprint density at radius 2 is 1.95 bits per heavy atom. The summed E-state index contributed by atoms with van der Waals surface area (Å²) in [5.41, 5.74) is 10.5. The molecule has 0 bridgehead atoms. The minimum Gasteiger partial charge on any atom is -0.401 e. The molecule has 0 aliphatic heterocycles. The minimum atomic E-state index is 0.0127. The van der Waals surface area contributed by atoms with Crippen LogP contribution in [0.3, 0.4) is 0 Å². The van der Waals surface area contributed by atoms with Crippen LogP contribution in [0, 0.1) is 0 Å². The summed E-state index contributed by atoms with van der Waals surface area (Å²) in [4.78, 5) is 0. The van der Waals surface area contributed by atoms with Gasteiger partial charge in [-0.05, 0) is 36.3 Å². The van der Waals surface area contributed by atoms with Crippen LogP contribution in [0.2, 0.25) is 0 Å². The average molecular weight is 289 g/mol. The molecule has 0 heterocycles. The SMILES string of the molecule is COC1CCCC(N)=C1N(N)Cc1ccc(C(C)C)cc1. The largest absolute Gasteiger partial charge is 0.401 e. The van der Waals surface area contributed by atoms with Crippen molar-refractivity contribution in [2.24, 2.45) is 11.6 Å². The third kappa shape index (κ3) is 3.77. The molecule has 4 nitrogen and oxygen atoms in total. The van der Waals surface area contributed by atoms with Crippen molar-refractivity contribution in [2.75, 3.05) is 7.11 Å². The van der Waals surface area contributed by atoms with Gasteiger partial charge in [0.2, 0.25) is 0 Å². The lowest BCUT2D eigenvalue weighted by molar-refractivity contribution is 0.0834. The van der Waals surface area contributed by atoms with Gasteiger partial charge in [0.15, 0.2) is 0 Å². The number of hydrogen-bond donors (Lipinski definition) is 2. The Morgan fingerprint density at radius 1 is 1.29 bits per heavy atom. The van der Waals surface area contributed by atoms with Crippen molar-refractivity contribution >= 4 is 0 Å². The number of methoxy groups -OCH3 is 1. The molecule has 0 saturated carbocycles.